The Balaban J connectivity index is 2.36. The number of rotatable bonds is 3. The number of hydrogen-bond acceptors (Lipinski definition) is 4. The summed E-state index contributed by atoms with van der Waals surface area (Å²) in [5.74, 6) is 0.296. The van der Waals surface area contributed by atoms with Crippen LogP contribution in [-0.4, -0.2) is 15.2 Å². The van der Waals surface area contributed by atoms with E-state index in [2.05, 4.69) is 10.6 Å². The second kappa shape index (κ2) is 5.45. The zero-order chi connectivity index (χ0) is 15.9. The Bertz CT molecular complexity index is 835. The molecule has 0 spiro atoms. The number of carbonyl (C=O) groups is 1. The van der Waals surface area contributed by atoms with Crippen LogP contribution in [0.3, 0.4) is 0 Å². The summed E-state index contributed by atoms with van der Waals surface area (Å²) in [4.78, 5) is 37.9. The molecular formula is C14H16N4O3S. The average Bonchev–Trinajstić information content (AvgIpc) is 3.01. The largest absolute Gasteiger partial charge is 0.332 e. The molecule has 0 radical (unpaired) electrons. The number of carbonyl (C=O) groups excluding carboxylic acids is 1. The molecule has 1 aliphatic heterocycles. The van der Waals surface area contributed by atoms with E-state index in [1.165, 1.54) is 20.5 Å². The molecule has 1 unspecified atom stereocenters. The molecule has 0 bridgehead atoms. The maximum atomic E-state index is 12.7. The predicted molar refractivity (Wildman–Crippen MR) is 84.6 cm³/mol. The van der Waals surface area contributed by atoms with Crippen molar-refractivity contribution < 1.29 is 4.79 Å². The minimum Gasteiger partial charge on any atom is -0.326 e. The third kappa shape index (κ3) is 2.07. The molecule has 2 amide bonds. The molecule has 0 aliphatic carbocycles. The smallest absolute Gasteiger partial charge is 0.326 e. The van der Waals surface area contributed by atoms with Gasteiger partial charge in [0.15, 0.2) is 0 Å². The molecule has 0 aromatic carbocycles. The number of urea groups is 1. The summed E-state index contributed by atoms with van der Waals surface area (Å²) in [6, 6.07) is 2.78. The molecule has 2 N–H and O–H groups in total. The maximum Gasteiger partial charge on any atom is 0.332 e. The Kier molecular flexibility index (Phi) is 3.61. The highest BCUT2D eigenvalue weighted by atomic mass is 32.1. The van der Waals surface area contributed by atoms with E-state index in [1.54, 1.807) is 13.8 Å². The fourth-order valence-corrected chi connectivity index (χ4v) is 3.49. The van der Waals surface area contributed by atoms with Crippen molar-refractivity contribution in [1.82, 2.24) is 14.5 Å². The molecule has 3 rings (SSSR count). The van der Waals surface area contributed by atoms with Gasteiger partial charge in [-0.05, 0) is 25.3 Å². The van der Waals surface area contributed by atoms with E-state index >= 15 is 0 Å². The lowest BCUT2D eigenvalue weighted by atomic mass is 10.1. The van der Waals surface area contributed by atoms with Crippen molar-refractivity contribution in [3.05, 3.63) is 48.8 Å². The number of aromatic nitrogens is 2. The van der Waals surface area contributed by atoms with Crippen molar-refractivity contribution >= 4 is 23.2 Å². The number of hydrogen-bond donors (Lipinski definition) is 2. The molecule has 1 atom stereocenters. The van der Waals surface area contributed by atoms with Crippen molar-refractivity contribution in [3.63, 3.8) is 0 Å². The lowest BCUT2D eigenvalue weighted by Crippen LogP contribution is -2.49. The zero-order valence-electron chi connectivity index (χ0n) is 12.3. The summed E-state index contributed by atoms with van der Waals surface area (Å²) < 4.78 is 2.63. The Hall–Kier alpha value is -2.35. The normalized spacial score (nSPS) is 16.8. The first-order valence-electron chi connectivity index (χ1n) is 7.06. The number of fused-ring (bicyclic) bond motifs is 1. The SMILES string of the molecule is CCn1c2c(c(=O)n(CC)c1=O)C(c1cccs1)NC(=O)N2. The van der Waals surface area contributed by atoms with E-state index in [4.69, 9.17) is 0 Å². The first-order valence-corrected chi connectivity index (χ1v) is 7.94. The summed E-state index contributed by atoms with van der Waals surface area (Å²) in [6.07, 6.45) is 0. The fraction of sp³-hybridized carbons (Fsp3) is 0.357. The van der Waals surface area contributed by atoms with Crippen LogP contribution in [0.2, 0.25) is 0 Å². The van der Waals surface area contributed by atoms with Crippen molar-refractivity contribution in [2.45, 2.75) is 33.0 Å². The minimum absolute atomic E-state index is 0.288. The van der Waals surface area contributed by atoms with Crippen LogP contribution in [0.1, 0.15) is 30.3 Å². The molecule has 7 nitrogen and oxygen atoms in total. The van der Waals surface area contributed by atoms with Crippen LogP contribution in [0, 0.1) is 0 Å². The Labute approximate surface area is 130 Å². The molecular weight excluding hydrogens is 304 g/mol. The van der Waals surface area contributed by atoms with Gasteiger partial charge in [0.2, 0.25) is 0 Å². The van der Waals surface area contributed by atoms with Gasteiger partial charge >= 0.3 is 11.7 Å². The number of anilines is 1. The minimum atomic E-state index is -0.535. The molecule has 1 aliphatic rings. The van der Waals surface area contributed by atoms with Gasteiger partial charge in [0.25, 0.3) is 5.56 Å². The van der Waals surface area contributed by atoms with E-state index in [9.17, 15) is 14.4 Å². The third-order valence-corrected chi connectivity index (χ3v) is 4.66. The van der Waals surface area contributed by atoms with Gasteiger partial charge in [-0.25, -0.2) is 9.59 Å². The highest BCUT2D eigenvalue weighted by molar-refractivity contribution is 7.10. The number of nitrogens with zero attached hydrogens (tertiary/aromatic N) is 2. The summed E-state index contributed by atoms with van der Waals surface area (Å²) in [6.45, 7) is 4.22. The molecule has 0 saturated carbocycles. The predicted octanol–water partition coefficient (Wildman–Crippen LogP) is 1.34. The van der Waals surface area contributed by atoms with Crippen LogP contribution in [0.5, 0.6) is 0 Å². The molecule has 0 saturated heterocycles. The van der Waals surface area contributed by atoms with Crippen molar-refractivity contribution in [2.75, 3.05) is 5.32 Å². The fourth-order valence-electron chi connectivity index (χ4n) is 2.70. The second-order valence-electron chi connectivity index (χ2n) is 4.89. The van der Waals surface area contributed by atoms with E-state index in [1.807, 2.05) is 17.5 Å². The first-order chi connectivity index (χ1) is 10.6. The molecule has 3 heterocycles. The summed E-state index contributed by atoms with van der Waals surface area (Å²) in [7, 11) is 0. The maximum absolute atomic E-state index is 12.7. The Morgan fingerprint density at radius 3 is 2.50 bits per heavy atom. The van der Waals surface area contributed by atoms with Gasteiger partial charge in [-0.15, -0.1) is 11.3 Å². The van der Waals surface area contributed by atoms with Crippen LogP contribution < -0.4 is 21.9 Å². The van der Waals surface area contributed by atoms with Crippen LogP contribution in [0.25, 0.3) is 0 Å². The zero-order valence-corrected chi connectivity index (χ0v) is 13.1. The van der Waals surface area contributed by atoms with Gasteiger partial charge in [0, 0.05) is 18.0 Å². The van der Waals surface area contributed by atoms with E-state index < -0.39 is 17.8 Å². The van der Waals surface area contributed by atoms with Gasteiger partial charge in [0.05, 0.1) is 11.6 Å². The van der Waals surface area contributed by atoms with Crippen molar-refractivity contribution in [1.29, 1.82) is 0 Å². The monoisotopic (exact) mass is 320 g/mol. The molecule has 2 aromatic heterocycles. The van der Waals surface area contributed by atoms with Crippen molar-refractivity contribution in [3.8, 4) is 0 Å². The van der Waals surface area contributed by atoms with E-state index in [-0.39, 0.29) is 12.1 Å². The van der Waals surface area contributed by atoms with Crippen LogP contribution in [-0.2, 0) is 13.1 Å². The van der Waals surface area contributed by atoms with Crippen LogP contribution in [0.4, 0.5) is 10.6 Å². The highest BCUT2D eigenvalue weighted by Crippen LogP contribution is 2.30. The van der Waals surface area contributed by atoms with Gasteiger partial charge in [-0.3, -0.25) is 19.2 Å². The van der Waals surface area contributed by atoms with Gasteiger partial charge in [-0.1, -0.05) is 6.07 Å². The van der Waals surface area contributed by atoms with Gasteiger partial charge < -0.3 is 5.32 Å². The average molecular weight is 320 g/mol. The summed E-state index contributed by atoms with van der Waals surface area (Å²) >= 11 is 1.46. The standard InChI is InChI=1S/C14H16N4O3S/c1-3-17-11-9(12(19)18(4-2)14(17)21)10(15-13(20)16-11)8-6-5-7-22-8/h5-7,10H,3-4H2,1-2H3,(H2,15,16,20). The number of nitrogens with one attached hydrogen (secondary N) is 2. The number of amides is 2. The van der Waals surface area contributed by atoms with Crippen LogP contribution in [0.15, 0.2) is 27.1 Å². The molecule has 8 heteroatoms. The van der Waals surface area contributed by atoms with Gasteiger partial charge in [-0.2, -0.15) is 0 Å². The Morgan fingerprint density at radius 1 is 1.18 bits per heavy atom. The van der Waals surface area contributed by atoms with Crippen molar-refractivity contribution in [2.24, 2.45) is 0 Å². The lowest BCUT2D eigenvalue weighted by Gasteiger charge is -2.28. The quantitative estimate of drug-likeness (QED) is 0.895. The second-order valence-corrected chi connectivity index (χ2v) is 5.86. The lowest BCUT2D eigenvalue weighted by molar-refractivity contribution is 0.248. The molecule has 116 valence electrons. The van der Waals surface area contributed by atoms with Crippen LogP contribution >= 0.6 is 11.3 Å². The summed E-state index contributed by atoms with van der Waals surface area (Å²) in [5.41, 5.74) is -0.357. The van der Waals surface area contributed by atoms with E-state index in [0.29, 0.717) is 17.9 Å². The molecule has 22 heavy (non-hydrogen) atoms. The molecule has 0 fully saturated rings. The Morgan fingerprint density at radius 2 is 1.91 bits per heavy atom. The van der Waals surface area contributed by atoms with Gasteiger partial charge in [0.1, 0.15) is 5.82 Å². The first kappa shape index (κ1) is 14.6. The van der Waals surface area contributed by atoms with E-state index in [0.717, 1.165) is 4.88 Å². The molecule has 2 aromatic rings. The third-order valence-electron chi connectivity index (χ3n) is 3.72. The summed E-state index contributed by atoms with van der Waals surface area (Å²) in [5, 5.41) is 7.26. The number of thiophene rings is 1. The topological polar surface area (TPSA) is 85.1 Å². The highest BCUT2D eigenvalue weighted by Gasteiger charge is 2.32.